The fourth-order valence-electron chi connectivity index (χ4n) is 3.94. The van der Waals surface area contributed by atoms with E-state index in [2.05, 4.69) is 49.9 Å². The summed E-state index contributed by atoms with van der Waals surface area (Å²) >= 11 is 1.79. The van der Waals surface area contributed by atoms with Crippen molar-refractivity contribution < 1.29 is 9.47 Å². The number of benzene rings is 1. The van der Waals surface area contributed by atoms with Gasteiger partial charge in [0.15, 0.2) is 0 Å². The van der Waals surface area contributed by atoms with Crippen molar-refractivity contribution in [1.29, 1.82) is 0 Å². The van der Waals surface area contributed by atoms with Crippen molar-refractivity contribution in [3.8, 4) is 5.88 Å². The first-order chi connectivity index (χ1) is 14.2. The Morgan fingerprint density at radius 2 is 2.07 bits per heavy atom. The topological polar surface area (TPSA) is 63.6 Å². The van der Waals surface area contributed by atoms with Crippen LogP contribution in [0.25, 0.3) is 10.9 Å². The minimum atomic E-state index is 0.0793. The summed E-state index contributed by atoms with van der Waals surface area (Å²) in [6.07, 6.45) is 4.57. The van der Waals surface area contributed by atoms with E-state index in [1.165, 1.54) is 10.6 Å². The molecule has 3 aromatic rings. The maximum atomic E-state index is 6.11. The third-order valence-corrected chi connectivity index (χ3v) is 6.43. The van der Waals surface area contributed by atoms with Crippen LogP contribution < -0.4 is 9.64 Å². The van der Waals surface area contributed by atoms with Crippen LogP contribution in [0.1, 0.15) is 16.3 Å². The van der Waals surface area contributed by atoms with E-state index in [9.17, 15) is 0 Å². The second kappa shape index (κ2) is 8.22. The highest BCUT2D eigenvalue weighted by molar-refractivity contribution is 7.11. The van der Waals surface area contributed by atoms with Gasteiger partial charge in [0, 0.05) is 55.9 Å². The van der Waals surface area contributed by atoms with Gasteiger partial charge in [0.1, 0.15) is 12.4 Å². The number of rotatable bonds is 5. The number of aryl methyl sites for hydroxylation is 1. The second-order valence-corrected chi connectivity index (χ2v) is 8.91. The molecule has 152 valence electrons. The first-order valence-electron chi connectivity index (χ1n) is 10.1. The summed E-state index contributed by atoms with van der Waals surface area (Å²) in [4.78, 5) is 19.5. The molecular weight excluding hydrogens is 386 g/mol. The van der Waals surface area contributed by atoms with Gasteiger partial charge in [-0.05, 0) is 25.1 Å². The van der Waals surface area contributed by atoms with Crippen molar-refractivity contribution in [2.24, 2.45) is 0 Å². The number of anilines is 1. The van der Waals surface area contributed by atoms with Gasteiger partial charge in [-0.3, -0.25) is 4.90 Å². The van der Waals surface area contributed by atoms with Gasteiger partial charge in [0.25, 0.3) is 0 Å². The number of piperazine rings is 1. The number of nitrogens with zero attached hydrogens (tertiary/aromatic N) is 5. The first-order valence-corrected chi connectivity index (χ1v) is 10.9. The molecule has 0 saturated carbocycles. The lowest BCUT2D eigenvalue weighted by Gasteiger charge is -2.36. The SMILES string of the molecule is Cc1ncc(CN2CCN(c3ccc4ncnc(OC5CCOC5)c4c3)CC2)s1. The lowest BCUT2D eigenvalue weighted by molar-refractivity contribution is 0.139. The Bertz CT molecular complexity index is 980. The fraction of sp³-hybridized carbons (Fsp3) is 0.476. The minimum Gasteiger partial charge on any atom is -0.471 e. The van der Waals surface area contributed by atoms with Gasteiger partial charge < -0.3 is 14.4 Å². The minimum absolute atomic E-state index is 0.0793. The molecule has 4 heterocycles. The molecule has 2 aliphatic rings. The summed E-state index contributed by atoms with van der Waals surface area (Å²) in [6.45, 7) is 8.54. The van der Waals surface area contributed by atoms with Crippen molar-refractivity contribution >= 4 is 27.9 Å². The molecule has 7 nitrogen and oxygen atoms in total. The van der Waals surface area contributed by atoms with E-state index >= 15 is 0 Å². The predicted molar refractivity (Wildman–Crippen MR) is 114 cm³/mol. The lowest BCUT2D eigenvalue weighted by Crippen LogP contribution is -2.45. The normalized spacial score (nSPS) is 20.4. The van der Waals surface area contributed by atoms with E-state index in [0.29, 0.717) is 12.5 Å². The Labute approximate surface area is 174 Å². The van der Waals surface area contributed by atoms with Crippen molar-refractivity contribution in [3.63, 3.8) is 0 Å². The average Bonchev–Trinajstić information content (AvgIpc) is 3.40. The molecule has 2 aliphatic heterocycles. The van der Waals surface area contributed by atoms with Crippen LogP contribution in [0.3, 0.4) is 0 Å². The van der Waals surface area contributed by atoms with Gasteiger partial charge >= 0.3 is 0 Å². The van der Waals surface area contributed by atoms with Crippen LogP contribution in [0.5, 0.6) is 5.88 Å². The number of aromatic nitrogens is 3. The van der Waals surface area contributed by atoms with Crippen molar-refractivity contribution in [2.75, 3.05) is 44.3 Å². The highest BCUT2D eigenvalue weighted by Gasteiger charge is 2.21. The third kappa shape index (κ3) is 4.19. The van der Waals surface area contributed by atoms with Crippen LogP contribution in [0.4, 0.5) is 5.69 Å². The molecule has 29 heavy (non-hydrogen) atoms. The van der Waals surface area contributed by atoms with Crippen LogP contribution in [-0.2, 0) is 11.3 Å². The molecule has 0 N–H and O–H groups in total. The summed E-state index contributed by atoms with van der Waals surface area (Å²) in [5.74, 6) is 0.659. The van der Waals surface area contributed by atoms with Crippen LogP contribution in [0.15, 0.2) is 30.7 Å². The standard InChI is InChI=1S/C21H25N5O2S/c1-15-22-11-18(29-15)12-25-5-7-26(8-6-25)16-2-3-20-19(10-16)21(24-14-23-20)28-17-4-9-27-13-17/h2-3,10-11,14,17H,4-9,12-13H2,1H3. The maximum Gasteiger partial charge on any atom is 0.224 e. The molecular formula is C21H25N5O2S. The van der Waals surface area contributed by atoms with E-state index < -0.39 is 0 Å². The summed E-state index contributed by atoms with van der Waals surface area (Å²) in [5, 5.41) is 2.11. The molecule has 0 aliphatic carbocycles. The molecule has 0 radical (unpaired) electrons. The molecule has 1 aromatic carbocycles. The summed E-state index contributed by atoms with van der Waals surface area (Å²) in [5.41, 5.74) is 2.12. The van der Waals surface area contributed by atoms with E-state index in [1.54, 1.807) is 17.7 Å². The number of hydrogen-bond acceptors (Lipinski definition) is 8. The van der Waals surface area contributed by atoms with Crippen molar-refractivity contribution in [2.45, 2.75) is 26.0 Å². The molecule has 1 atom stereocenters. The molecule has 0 spiro atoms. The predicted octanol–water partition coefficient (Wildman–Crippen LogP) is 2.88. The number of thiazole rings is 1. The van der Waals surface area contributed by atoms with Crippen LogP contribution in [-0.4, -0.2) is 65.3 Å². The Hall–Kier alpha value is -2.29. The number of hydrogen-bond donors (Lipinski definition) is 0. The molecule has 1 unspecified atom stereocenters. The smallest absolute Gasteiger partial charge is 0.224 e. The molecule has 2 aromatic heterocycles. The van der Waals surface area contributed by atoms with Gasteiger partial charge in [-0.15, -0.1) is 11.3 Å². The first kappa shape index (κ1) is 18.7. The van der Waals surface area contributed by atoms with Gasteiger partial charge in [-0.25, -0.2) is 15.0 Å². The third-order valence-electron chi connectivity index (χ3n) is 5.53. The summed E-state index contributed by atoms with van der Waals surface area (Å²) < 4.78 is 11.5. The van der Waals surface area contributed by atoms with E-state index in [1.807, 2.05) is 6.20 Å². The molecule has 2 saturated heterocycles. The number of ether oxygens (including phenoxy) is 2. The summed E-state index contributed by atoms with van der Waals surface area (Å²) in [6, 6.07) is 6.39. The van der Waals surface area contributed by atoms with E-state index in [-0.39, 0.29) is 6.10 Å². The second-order valence-electron chi connectivity index (χ2n) is 7.59. The highest BCUT2D eigenvalue weighted by Crippen LogP contribution is 2.29. The zero-order valence-electron chi connectivity index (χ0n) is 16.6. The Kier molecular flexibility index (Phi) is 5.30. The zero-order chi connectivity index (χ0) is 19.6. The fourth-order valence-corrected chi connectivity index (χ4v) is 4.78. The Morgan fingerprint density at radius 1 is 1.17 bits per heavy atom. The van der Waals surface area contributed by atoms with E-state index in [0.717, 1.165) is 61.7 Å². The van der Waals surface area contributed by atoms with Gasteiger partial charge in [-0.2, -0.15) is 0 Å². The van der Waals surface area contributed by atoms with Crippen LogP contribution in [0.2, 0.25) is 0 Å². The quantitative estimate of drug-likeness (QED) is 0.640. The molecule has 2 fully saturated rings. The maximum absolute atomic E-state index is 6.11. The Morgan fingerprint density at radius 3 is 2.83 bits per heavy atom. The Balaban J connectivity index is 1.29. The molecule has 0 bridgehead atoms. The van der Waals surface area contributed by atoms with Crippen molar-refractivity contribution in [1.82, 2.24) is 19.9 Å². The molecule has 8 heteroatoms. The van der Waals surface area contributed by atoms with Gasteiger partial charge in [0.05, 0.1) is 29.1 Å². The van der Waals surface area contributed by atoms with Crippen LogP contribution in [0, 0.1) is 6.92 Å². The summed E-state index contributed by atoms with van der Waals surface area (Å²) in [7, 11) is 0. The highest BCUT2D eigenvalue weighted by atomic mass is 32.1. The average molecular weight is 412 g/mol. The van der Waals surface area contributed by atoms with Crippen LogP contribution >= 0.6 is 11.3 Å². The zero-order valence-corrected chi connectivity index (χ0v) is 17.4. The number of fused-ring (bicyclic) bond motifs is 1. The van der Waals surface area contributed by atoms with Gasteiger partial charge in [0.2, 0.25) is 5.88 Å². The largest absolute Gasteiger partial charge is 0.471 e. The van der Waals surface area contributed by atoms with E-state index in [4.69, 9.17) is 9.47 Å². The molecule has 0 amide bonds. The molecule has 5 rings (SSSR count). The monoisotopic (exact) mass is 411 g/mol. The van der Waals surface area contributed by atoms with Gasteiger partial charge in [-0.1, -0.05) is 0 Å². The van der Waals surface area contributed by atoms with Crippen molar-refractivity contribution in [3.05, 3.63) is 40.6 Å². The lowest BCUT2D eigenvalue weighted by atomic mass is 10.2.